The molecular formula is C25H29NO5. The van der Waals surface area contributed by atoms with Gasteiger partial charge in [-0.05, 0) is 30.9 Å². The Bertz CT molecular complexity index is 923. The largest absolute Gasteiger partial charge is 0.496 e. The van der Waals surface area contributed by atoms with Crippen molar-refractivity contribution in [3.63, 3.8) is 0 Å². The minimum atomic E-state index is -1.23. The number of para-hydroxylation sites is 1. The van der Waals surface area contributed by atoms with Crippen molar-refractivity contribution in [2.24, 2.45) is 0 Å². The molecule has 1 aliphatic heterocycles. The van der Waals surface area contributed by atoms with E-state index in [0.717, 1.165) is 24.8 Å². The third-order valence-corrected chi connectivity index (χ3v) is 6.47. The molecule has 1 saturated carbocycles. The van der Waals surface area contributed by atoms with Gasteiger partial charge in [0, 0.05) is 5.56 Å². The summed E-state index contributed by atoms with van der Waals surface area (Å²) in [5.41, 5.74) is 0.399. The van der Waals surface area contributed by atoms with Crippen LogP contribution < -0.4 is 4.74 Å². The van der Waals surface area contributed by atoms with Gasteiger partial charge in [0.1, 0.15) is 12.4 Å². The molecule has 0 bridgehead atoms. The summed E-state index contributed by atoms with van der Waals surface area (Å²) in [4.78, 5) is 27.8. The van der Waals surface area contributed by atoms with Gasteiger partial charge in [-0.2, -0.15) is 0 Å². The van der Waals surface area contributed by atoms with E-state index in [4.69, 9.17) is 9.47 Å². The van der Waals surface area contributed by atoms with Gasteiger partial charge in [0.05, 0.1) is 24.7 Å². The molecule has 6 heteroatoms. The summed E-state index contributed by atoms with van der Waals surface area (Å²) in [6.45, 7) is 0.149. The lowest BCUT2D eigenvalue weighted by atomic mass is 9.71. The second kappa shape index (κ2) is 9.10. The fourth-order valence-electron chi connectivity index (χ4n) is 4.92. The van der Waals surface area contributed by atoms with Gasteiger partial charge in [0.15, 0.2) is 0 Å². The van der Waals surface area contributed by atoms with Crippen LogP contribution in [0.4, 0.5) is 4.79 Å². The van der Waals surface area contributed by atoms with Crippen LogP contribution in [0.1, 0.15) is 49.1 Å². The predicted octanol–water partition coefficient (Wildman–Crippen LogP) is 4.06. The number of imide groups is 1. The van der Waals surface area contributed by atoms with E-state index in [9.17, 15) is 14.7 Å². The van der Waals surface area contributed by atoms with Crippen LogP contribution in [-0.4, -0.2) is 47.4 Å². The molecule has 0 spiro atoms. The molecule has 1 heterocycles. The number of nitrogens with zero attached hydrogens (tertiary/aromatic N) is 1. The average molecular weight is 424 g/mol. The van der Waals surface area contributed by atoms with E-state index < -0.39 is 29.6 Å². The summed E-state index contributed by atoms with van der Waals surface area (Å²) in [5, 5.41) is 11.6. The van der Waals surface area contributed by atoms with Crippen molar-refractivity contribution in [3.8, 4) is 5.75 Å². The van der Waals surface area contributed by atoms with E-state index in [1.807, 2.05) is 48.5 Å². The first-order valence-corrected chi connectivity index (χ1v) is 10.9. The van der Waals surface area contributed by atoms with Crippen molar-refractivity contribution in [1.82, 2.24) is 4.90 Å². The Balaban J connectivity index is 1.71. The van der Waals surface area contributed by atoms with Crippen LogP contribution in [0, 0.1) is 0 Å². The SMILES string of the molecule is COc1ccccc1[C@@H](C(=O)N1C(=O)OC[C@@H]1Cc1ccccc1)C1(O)CCCCC1. The molecule has 2 amide bonds. The number of benzene rings is 2. The Morgan fingerprint density at radius 1 is 1.13 bits per heavy atom. The molecular weight excluding hydrogens is 394 g/mol. The van der Waals surface area contributed by atoms with Gasteiger partial charge >= 0.3 is 6.09 Å². The van der Waals surface area contributed by atoms with Gasteiger partial charge in [-0.3, -0.25) is 4.79 Å². The summed E-state index contributed by atoms with van der Waals surface area (Å²) >= 11 is 0. The molecule has 2 fully saturated rings. The highest BCUT2D eigenvalue weighted by molar-refractivity contribution is 5.98. The number of hydrogen-bond donors (Lipinski definition) is 1. The van der Waals surface area contributed by atoms with Gasteiger partial charge in [-0.15, -0.1) is 0 Å². The molecule has 164 valence electrons. The van der Waals surface area contributed by atoms with Crippen molar-refractivity contribution in [3.05, 3.63) is 65.7 Å². The van der Waals surface area contributed by atoms with Gasteiger partial charge in [-0.1, -0.05) is 67.8 Å². The van der Waals surface area contributed by atoms with Crippen molar-refractivity contribution in [2.75, 3.05) is 13.7 Å². The van der Waals surface area contributed by atoms with Crippen molar-refractivity contribution < 1.29 is 24.2 Å². The van der Waals surface area contributed by atoms with Crippen molar-refractivity contribution in [2.45, 2.75) is 56.1 Å². The van der Waals surface area contributed by atoms with E-state index in [0.29, 0.717) is 30.6 Å². The van der Waals surface area contributed by atoms with Crippen LogP contribution in [0.25, 0.3) is 0 Å². The van der Waals surface area contributed by atoms with Crippen LogP contribution >= 0.6 is 0 Å². The molecule has 4 rings (SSSR count). The maximum absolute atomic E-state index is 13.9. The second-order valence-corrected chi connectivity index (χ2v) is 8.47. The van der Waals surface area contributed by atoms with Gasteiger partial charge < -0.3 is 14.6 Å². The highest BCUT2D eigenvalue weighted by atomic mass is 16.6. The summed E-state index contributed by atoms with van der Waals surface area (Å²) in [6.07, 6.45) is 3.58. The van der Waals surface area contributed by atoms with Crippen LogP contribution in [-0.2, 0) is 16.0 Å². The quantitative estimate of drug-likeness (QED) is 0.758. The minimum Gasteiger partial charge on any atom is -0.496 e. The first-order valence-electron chi connectivity index (χ1n) is 10.9. The minimum absolute atomic E-state index is 0.149. The van der Waals surface area contributed by atoms with Crippen molar-refractivity contribution in [1.29, 1.82) is 0 Å². The van der Waals surface area contributed by atoms with E-state index in [1.165, 1.54) is 4.90 Å². The number of carbonyl (C=O) groups is 2. The van der Waals surface area contributed by atoms with Crippen LogP contribution in [0.5, 0.6) is 5.75 Å². The monoisotopic (exact) mass is 423 g/mol. The zero-order valence-corrected chi connectivity index (χ0v) is 17.8. The van der Waals surface area contributed by atoms with E-state index >= 15 is 0 Å². The highest BCUT2D eigenvalue weighted by Gasteiger charge is 2.50. The summed E-state index contributed by atoms with van der Waals surface area (Å²) in [6, 6.07) is 16.6. The molecule has 1 N–H and O–H groups in total. The lowest BCUT2D eigenvalue weighted by molar-refractivity contribution is -0.139. The van der Waals surface area contributed by atoms with Crippen LogP contribution in [0.2, 0.25) is 0 Å². The van der Waals surface area contributed by atoms with Gasteiger partial charge in [-0.25, -0.2) is 9.69 Å². The lowest BCUT2D eigenvalue weighted by Gasteiger charge is -2.40. The zero-order valence-electron chi connectivity index (χ0n) is 17.8. The van der Waals surface area contributed by atoms with E-state index in [2.05, 4.69) is 0 Å². The topological polar surface area (TPSA) is 76.1 Å². The number of amides is 2. The third-order valence-electron chi connectivity index (χ3n) is 6.47. The lowest BCUT2D eigenvalue weighted by Crippen LogP contribution is -2.51. The molecule has 31 heavy (non-hydrogen) atoms. The van der Waals surface area contributed by atoms with Crippen molar-refractivity contribution >= 4 is 12.0 Å². The maximum atomic E-state index is 13.9. The molecule has 2 aliphatic rings. The Morgan fingerprint density at radius 2 is 1.81 bits per heavy atom. The fourth-order valence-corrected chi connectivity index (χ4v) is 4.92. The second-order valence-electron chi connectivity index (χ2n) is 8.47. The Hall–Kier alpha value is -2.86. The molecule has 0 radical (unpaired) electrons. The number of methoxy groups -OCH3 is 1. The predicted molar refractivity (Wildman–Crippen MR) is 116 cm³/mol. The molecule has 2 aromatic rings. The number of hydrogen-bond acceptors (Lipinski definition) is 5. The Kier molecular flexibility index (Phi) is 6.28. The molecule has 0 unspecified atom stereocenters. The molecule has 6 nitrogen and oxygen atoms in total. The zero-order chi connectivity index (χ0) is 21.8. The molecule has 2 aromatic carbocycles. The highest BCUT2D eigenvalue weighted by Crippen LogP contribution is 2.44. The number of rotatable bonds is 6. The third kappa shape index (κ3) is 4.30. The smallest absolute Gasteiger partial charge is 0.417 e. The first-order chi connectivity index (χ1) is 15.0. The van der Waals surface area contributed by atoms with Crippen LogP contribution in [0.3, 0.4) is 0 Å². The van der Waals surface area contributed by atoms with E-state index in [-0.39, 0.29) is 6.61 Å². The van der Waals surface area contributed by atoms with Crippen LogP contribution in [0.15, 0.2) is 54.6 Å². The summed E-state index contributed by atoms with van der Waals surface area (Å²) in [7, 11) is 1.55. The molecule has 0 aromatic heterocycles. The molecule has 1 aliphatic carbocycles. The fraction of sp³-hybridized carbons (Fsp3) is 0.440. The first kappa shape index (κ1) is 21.4. The summed E-state index contributed by atoms with van der Waals surface area (Å²) in [5.74, 6) is -0.780. The standard InChI is InChI=1S/C25H29NO5/c1-30-21-13-7-6-12-20(21)22(25(29)14-8-3-9-15-25)23(27)26-19(17-31-24(26)28)16-18-10-4-2-5-11-18/h2,4-7,10-13,19,22,29H,3,8-9,14-17H2,1H3/t19-,22-/m0/s1. The average Bonchev–Trinajstić information content (AvgIpc) is 3.15. The molecule has 1 saturated heterocycles. The summed E-state index contributed by atoms with van der Waals surface area (Å²) < 4.78 is 10.8. The number of carbonyl (C=O) groups excluding carboxylic acids is 2. The van der Waals surface area contributed by atoms with Gasteiger partial charge in [0.25, 0.3) is 0 Å². The Labute approximate surface area is 182 Å². The number of ether oxygens (including phenoxy) is 2. The van der Waals surface area contributed by atoms with E-state index in [1.54, 1.807) is 13.2 Å². The normalized spacial score (nSPS) is 21.4. The molecule has 2 atom stereocenters. The number of cyclic esters (lactones) is 1. The van der Waals surface area contributed by atoms with Gasteiger partial charge in [0.2, 0.25) is 5.91 Å². The Morgan fingerprint density at radius 3 is 2.52 bits per heavy atom. The number of aliphatic hydroxyl groups is 1. The maximum Gasteiger partial charge on any atom is 0.417 e.